The average Bonchev–Trinajstić information content (AvgIpc) is 2.14. The van der Waals surface area contributed by atoms with Gasteiger partial charge in [0.2, 0.25) is 0 Å². The molecule has 0 aliphatic heterocycles. The lowest BCUT2D eigenvalue weighted by atomic mass is 10.0. The molecule has 0 radical (unpaired) electrons. The molecule has 76 valence electrons. The lowest BCUT2D eigenvalue weighted by Gasteiger charge is -2.27. The van der Waals surface area contributed by atoms with Gasteiger partial charge in [0.25, 0.3) is 0 Å². The van der Waals surface area contributed by atoms with Crippen molar-refractivity contribution < 1.29 is 24.9 Å². The molecule has 0 rings (SSSR count). The van der Waals surface area contributed by atoms with Crippen molar-refractivity contribution in [2.24, 2.45) is 5.73 Å². The number of hydrogen-bond acceptors (Lipinski definition) is 5. The Balaban J connectivity index is 4.42. The third kappa shape index (κ3) is 2.98. The first-order valence-electron chi connectivity index (χ1n) is 3.46. The van der Waals surface area contributed by atoms with Crippen LogP contribution in [0.5, 0.6) is 0 Å². The first-order valence-corrected chi connectivity index (χ1v) is 3.46. The van der Waals surface area contributed by atoms with Crippen LogP contribution in [0.2, 0.25) is 0 Å². The molecule has 0 bridgehead atoms. The molecule has 0 aromatic carbocycles. The zero-order valence-corrected chi connectivity index (χ0v) is 6.86. The Morgan fingerprint density at radius 1 is 1.15 bits per heavy atom. The van der Waals surface area contributed by atoms with E-state index in [0.29, 0.717) is 0 Å². The maximum Gasteiger partial charge on any atom is 0.309 e. The summed E-state index contributed by atoms with van der Waals surface area (Å²) in [6, 6.07) is 0. The fraction of sp³-hybridized carbons (Fsp3) is 0.667. The van der Waals surface area contributed by atoms with Gasteiger partial charge >= 0.3 is 11.8 Å². The van der Waals surface area contributed by atoms with Crippen LogP contribution in [0.15, 0.2) is 0 Å². The van der Waals surface area contributed by atoms with Crippen LogP contribution in [-0.4, -0.2) is 52.5 Å². The largest absolute Gasteiger partial charge is 0.394 e. The molecule has 0 aliphatic carbocycles. The molecule has 0 saturated heterocycles. The summed E-state index contributed by atoms with van der Waals surface area (Å²) in [5.41, 5.74) is 3.01. The van der Waals surface area contributed by atoms with Crippen LogP contribution in [0.4, 0.5) is 0 Å². The van der Waals surface area contributed by atoms with Crippen molar-refractivity contribution in [2.75, 3.05) is 19.8 Å². The lowest BCUT2D eigenvalue weighted by molar-refractivity contribution is -0.139. The Hall–Kier alpha value is -1.18. The fourth-order valence-electron chi connectivity index (χ4n) is 0.571. The van der Waals surface area contributed by atoms with Gasteiger partial charge in [0.1, 0.15) is 5.54 Å². The second kappa shape index (κ2) is 4.75. The van der Waals surface area contributed by atoms with Gasteiger partial charge in [0, 0.05) is 0 Å². The third-order valence-electron chi connectivity index (χ3n) is 1.51. The van der Waals surface area contributed by atoms with Crippen LogP contribution in [0.25, 0.3) is 0 Å². The number of aliphatic hydroxyl groups is 3. The fourth-order valence-corrected chi connectivity index (χ4v) is 0.571. The SMILES string of the molecule is NC(=O)C(=O)NC(CO)(CO)CO. The summed E-state index contributed by atoms with van der Waals surface area (Å²) >= 11 is 0. The quantitative estimate of drug-likeness (QED) is 0.292. The topological polar surface area (TPSA) is 133 Å². The molecule has 0 aromatic rings. The van der Waals surface area contributed by atoms with E-state index in [0.717, 1.165) is 0 Å². The minimum atomic E-state index is -1.61. The van der Waals surface area contributed by atoms with E-state index in [1.807, 2.05) is 5.32 Å². The molecule has 0 saturated carbocycles. The normalized spacial score (nSPS) is 11.0. The molecular weight excluding hydrogens is 180 g/mol. The van der Waals surface area contributed by atoms with E-state index in [-0.39, 0.29) is 0 Å². The van der Waals surface area contributed by atoms with Gasteiger partial charge in [-0.25, -0.2) is 0 Å². The number of nitrogens with two attached hydrogens (primary N) is 1. The summed E-state index contributed by atoms with van der Waals surface area (Å²) in [7, 11) is 0. The van der Waals surface area contributed by atoms with E-state index >= 15 is 0 Å². The van der Waals surface area contributed by atoms with Crippen molar-refractivity contribution in [3.63, 3.8) is 0 Å². The van der Waals surface area contributed by atoms with E-state index in [9.17, 15) is 9.59 Å². The zero-order chi connectivity index (χ0) is 10.5. The molecule has 13 heavy (non-hydrogen) atoms. The highest BCUT2D eigenvalue weighted by Crippen LogP contribution is 2.00. The number of carbonyl (C=O) groups is 2. The van der Waals surface area contributed by atoms with Crippen molar-refractivity contribution in [3.05, 3.63) is 0 Å². The standard InChI is InChI=1S/C6H12N2O5/c7-4(12)5(13)8-6(1-9,2-10)3-11/h9-11H,1-3H2,(H2,7,12)(H,8,13). The monoisotopic (exact) mass is 192 g/mol. The van der Waals surface area contributed by atoms with Gasteiger partial charge in [-0.1, -0.05) is 0 Å². The van der Waals surface area contributed by atoms with Gasteiger partial charge in [-0.05, 0) is 0 Å². The molecule has 0 aliphatic rings. The maximum absolute atomic E-state index is 10.7. The average molecular weight is 192 g/mol. The zero-order valence-electron chi connectivity index (χ0n) is 6.86. The molecule has 0 spiro atoms. The molecule has 0 heterocycles. The molecule has 0 fully saturated rings. The van der Waals surface area contributed by atoms with Crippen LogP contribution in [0, 0.1) is 0 Å². The van der Waals surface area contributed by atoms with Crippen LogP contribution < -0.4 is 11.1 Å². The molecule has 0 atom stereocenters. The van der Waals surface area contributed by atoms with E-state index in [1.165, 1.54) is 0 Å². The van der Waals surface area contributed by atoms with Crippen LogP contribution in [0.1, 0.15) is 0 Å². The Kier molecular flexibility index (Phi) is 4.32. The summed E-state index contributed by atoms with van der Waals surface area (Å²) in [5.74, 6) is -2.42. The van der Waals surface area contributed by atoms with Gasteiger partial charge < -0.3 is 26.4 Å². The minimum absolute atomic E-state index is 0.695. The van der Waals surface area contributed by atoms with Crippen molar-refractivity contribution in [1.29, 1.82) is 0 Å². The Bertz CT molecular complexity index is 193. The molecular formula is C6H12N2O5. The number of aliphatic hydroxyl groups excluding tert-OH is 3. The number of carbonyl (C=O) groups excluding carboxylic acids is 2. The first-order chi connectivity index (χ1) is 6.01. The molecule has 7 nitrogen and oxygen atoms in total. The highest BCUT2D eigenvalue weighted by molar-refractivity contribution is 6.34. The number of primary amides is 1. The maximum atomic E-state index is 10.7. The van der Waals surface area contributed by atoms with Gasteiger partial charge in [-0.2, -0.15) is 0 Å². The Morgan fingerprint density at radius 3 is 1.77 bits per heavy atom. The number of nitrogens with one attached hydrogen (secondary N) is 1. The van der Waals surface area contributed by atoms with Gasteiger partial charge in [-0.3, -0.25) is 9.59 Å². The Labute approximate surface area is 74.2 Å². The second-order valence-electron chi connectivity index (χ2n) is 2.57. The van der Waals surface area contributed by atoms with Crippen molar-refractivity contribution in [2.45, 2.75) is 5.54 Å². The van der Waals surface area contributed by atoms with E-state index < -0.39 is 37.2 Å². The molecule has 2 amide bonds. The van der Waals surface area contributed by atoms with Crippen LogP contribution in [0.3, 0.4) is 0 Å². The second-order valence-corrected chi connectivity index (χ2v) is 2.57. The van der Waals surface area contributed by atoms with Crippen molar-refractivity contribution in [1.82, 2.24) is 5.32 Å². The van der Waals surface area contributed by atoms with Gasteiger partial charge in [-0.15, -0.1) is 0 Å². The first kappa shape index (κ1) is 11.8. The van der Waals surface area contributed by atoms with Gasteiger partial charge in [0.15, 0.2) is 0 Å². The van der Waals surface area contributed by atoms with Crippen LogP contribution in [-0.2, 0) is 9.59 Å². The van der Waals surface area contributed by atoms with Crippen molar-refractivity contribution in [3.8, 4) is 0 Å². The third-order valence-corrected chi connectivity index (χ3v) is 1.51. The molecule has 7 heteroatoms. The molecule has 0 aromatic heterocycles. The highest BCUT2D eigenvalue weighted by atomic mass is 16.3. The molecule has 6 N–H and O–H groups in total. The summed E-state index contributed by atoms with van der Waals surface area (Å²) in [5, 5.41) is 28.1. The molecule has 0 unspecified atom stereocenters. The van der Waals surface area contributed by atoms with Gasteiger partial charge in [0.05, 0.1) is 19.8 Å². The number of amides is 2. The summed E-state index contributed by atoms with van der Waals surface area (Å²) < 4.78 is 0. The van der Waals surface area contributed by atoms with E-state index in [2.05, 4.69) is 5.73 Å². The summed E-state index contributed by atoms with van der Waals surface area (Å²) in [4.78, 5) is 21.0. The van der Waals surface area contributed by atoms with E-state index in [1.54, 1.807) is 0 Å². The lowest BCUT2D eigenvalue weighted by Crippen LogP contribution is -2.59. The summed E-state index contributed by atoms with van der Waals surface area (Å²) in [6.45, 7) is -2.09. The smallest absolute Gasteiger partial charge is 0.309 e. The van der Waals surface area contributed by atoms with Crippen LogP contribution >= 0.6 is 0 Å². The minimum Gasteiger partial charge on any atom is -0.394 e. The number of hydrogen-bond donors (Lipinski definition) is 5. The predicted molar refractivity (Wildman–Crippen MR) is 41.3 cm³/mol. The van der Waals surface area contributed by atoms with Crippen molar-refractivity contribution >= 4 is 11.8 Å². The highest BCUT2D eigenvalue weighted by Gasteiger charge is 2.31. The van der Waals surface area contributed by atoms with E-state index in [4.69, 9.17) is 15.3 Å². The summed E-state index contributed by atoms with van der Waals surface area (Å²) in [6.07, 6.45) is 0. The predicted octanol–water partition coefficient (Wildman–Crippen LogP) is -3.70. The Morgan fingerprint density at radius 2 is 1.54 bits per heavy atom. The number of rotatable bonds is 4.